The summed E-state index contributed by atoms with van der Waals surface area (Å²) in [6.45, 7) is 0. The van der Waals surface area contributed by atoms with Crippen LogP contribution in [-0.2, 0) is 0 Å². The van der Waals surface area contributed by atoms with Crippen molar-refractivity contribution in [2.75, 3.05) is 0 Å². The molecule has 4 nitrogen and oxygen atoms in total. The molecular formula is C36H20N4. The Bertz CT molecular complexity index is 2640. The maximum atomic E-state index is 5.20. The molecule has 10 rings (SSSR count). The minimum atomic E-state index is 0.912. The van der Waals surface area contributed by atoms with Crippen LogP contribution in [0.5, 0.6) is 0 Å². The maximum Gasteiger partial charge on any atom is 0.165 e. The molecule has 4 heteroatoms. The number of fused-ring (bicyclic) bond motifs is 12. The van der Waals surface area contributed by atoms with Crippen molar-refractivity contribution in [2.45, 2.75) is 0 Å². The Labute approximate surface area is 227 Å². The predicted octanol–water partition coefficient (Wildman–Crippen LogP) is 9.03. The zero-order valence-corrected chi connectivity index (χ0v) is 21.3. The first kappa shape index (κ1) is 20.5. The summed E-state index contributed by atoms with van der Waals surface area (Å²) in [5.41, 5.74) is 9.64. The topological polar surface area (TPSA) is 35.1 Å². The van der Waals surface area contributed by atoms with Crippen LogP contribution in [0.15, 0.2) is 121 Å². The van der Waals surface area contributed by atoms with Gasteiger partial charge in [-0.25, -0.2) is 9.97 Å². The number of benzene rings is 6. The molecule has 0 aliphatic carbocycles. The lowest BCUT2D eigenvalue weighted by Crippen LogP contribution is -1.93. The van der Waals surface area contributed by atoms with Crippen LogP contribution in [0.1, 0.15) is 0 Å². The highest BCUT2D eigenvalue weighted by Crippen LogP contribution is 2.45. The molecule has 10 aromatic rings. The van der Waals surface area contributed by atoms with Gasteiger partial charge in [-0.1, -0.05) is 72.8 Å². The third-order valence-corrected chi connectivity index (χ3v) is 8.58. The number of para-hydroxylation sites is 4. The van der Waals surface area contributed by atoms with E-state index in [0.29, 0.717) is 0 Å². The second kappa shape index (κ2) is 7.13. The van der Waals surface area contributed by atoms with Gasteiger partial charge in [0.15, 0.2) is 5.65 Å². The summed E-state index contributed by atoms with van der Waals surface area (Å²) in [6.07, 6.45) is 0. The fourth-order valence-corrected chi connectivity index (χ4v) is 6.93. The monoisotopic (exact) mass is 508 g/mol. The molecule has 0 amide bonds. The van der Waals surface area contributed by atoms with E-state index < -0.39 is 0 Å². The van der Waals surface area contributed by atoms with Gasteiger partial charge in [0.2, 0.25) is 0 Å². The summed E-state index contributed by atoms with van der Waals surface area (Å²) in [5, 5.41) is 8.60. The highest BCUT2D eigenvalue weighted by Gasteiger charge is 2.24. The second-order valence-electron chi connectivity index (χ2n) is 10.7. The lowest BCUT2D eigenvalue weighted by Gasteiger charge is -2.08. The van der Waals surface area contributed by atoms with E-state index >= 15 is 0 Å². The van der Waals surface area contributed by atoms with Crippen molar-refractivity contribution in [3.8, 4) is 5.69 Å². The first-order valence-electron chi connectivity index (χ1n) is 13.6. The van der Waals surface area contributed by atoms with E-state index in [1.807, 2.05) is 12.1 Å². The number of nitrogens with zero attached hydrogens (tertiary/aromatic N) is 4. The van der Waals surface area contributed by atoms with Gasteiger partial charge in [0.25, 0.3) is 0 Å². The van der Waals surface area contributed by atoms with Crippen LogP contribution in [0.4, 0.5) is 0 Å². The SMILES string of the molecule is c1ccc(-n2c3ccccc3c3cc4c(cc32)c2c3ccccc3cc3c5nc6ccccc6nc5n4c32)cc1. The number of rotatable bonds is 1. The highest BCUT2D eigenvalue weighted by atomic mass is 15.0. The summed E-state index contributed by atoms with van der Waals surface area (Å²) >= 11 is 0. The molecule has 4 aromatic heterocycles. The van der Waals surface area contributed by atoms with Crippen molar-refractivity contribution in [3.05, 3.63) is 121 Å². The van der Waals surface area contributed by atoms with Gasteiger partial charge in [-0.05, 0) is 59.3 Å². The van der Waals surface area contributed by atoms with Crippen molar-refractivity contribution in [1.29, 1.82) is 0 Å². The van der Waals surface area contributed by atoms with E-state index in [-0.39, 0.29) is 0 Å². The summed E-state index contributed by atoms with van der Waals surface area (Å²) in [7, 11) is 0. The summed E-state index contributed by atoms with van der Waals surface area (Å²) in [6, 6.07) is 43.3. The molecule has 0 N–H and O–H groups in total. The molecule has 0 unspecified atom stereocenters. The molecular weight excluding hydrogens is 488 g/mol. The Kier molecular flexibility index (Phi) is 3.65. The molecule has 0 saturated heterocycles. The Morgan fingerprint density at radius 3 is 2.05 bits per heavy atom. The van der Waals surface area contributed by atoms with Crippen molar-refractivity contribution >= 4 is 82.0 Å². The normalized spacial score (nSPS) is 12.5. The first-order valence-corrected chi connectivity index (χ1v) is 13.6. The first-order chi connectivity index (χ1) is 19.8. The van der Waals surface area contributed by atoms with Crippen LogP contribution in [0.3, 0.4) is 0 Å². The zero-order valence-electron chi connectivity index (χ0n) is 21.3. The molecule has 184 valence electrons. The molecule has 0 aliphatic rings. The van der Waals surface area contributed by atoms with Crippen molar-refractivity contribution in [3.63, 3.8) is 0 Å². The quantitative estimate of drug-likeness (QED) is 0.222. The summed E-state index contributed by atoms with van der Waals surface area (Å²) in [4.78, 5) is 10.3. The molecule has 0 fully saturated rings. The fraction of sp³-hybridized carbons (Fsp3) is 0. The summed E-state index contributed by atoms with van der Waals surface area (Å²) in [5.74, 6) is 0. The van der Waals surface area contributed by atoms with Gasteiger partial charge in [-0.3, -0.25) is 4.40 Å². The van der Waals surface area contributed by atoms with E-state index in [0.717, 1.165) is 33.3 Å². The number of aromatic nitrogens is 4. The molecule has 0 radical (unpaired) electrons. The molecule has 4 heterocycles. The molecule has 0 spiro atoms. The molecule has 40 heavy (non-hydrogen) atoms. The average Bonchev–Trinajstić information content (AvgIpc) is 3.63. The zero-order chi connectivity index (χ0) is 25.9. The Morgan fingerprint density at radius 2 is 1.18 bits per heavy atom. The lowest BCUT2D eigenvalue weighted by atomic mass is 10.0. The molecule has 0 aliphatic heterocycles. The minimum absolute atomic E-state index is 0.912. The molecule has 0 bridgehead atoms. The third kappa shape index (κ3) is 2.42. The van der Waals surface area contributed by atoms with Crippen LogP contribution in [0, 0.1) is 0 Å². The predicted molar refractivity (Wildman–Crippen MR) is 166 cm³/mol. The second-order valence-corrected chi connectivity index (χ2v) is 10.7. The van der Waals surface area contributed by atoms with Gasteiger partial charge in [0.05, 0.1) is 33.1 Å². The average molecular weight is 509 g/mol. The standard InChI is InChI=1S/C36H20N4/c1-2-11-22(12-3-1)39-30-17-9-6-14-24(30)25-19-32-26(20-31(25)39)33-23-13-5-4-10-21(23)18-27-34-36(40(32)35(27)33)38-29-16-8-7-15-28(29)37-34/h1-20H. The van der Waals surface area contributed by atoms with Gasteiger partial charge in [0.1, 0.15) is 5.52 Å². The van der Waals surface area contributed by atoms with E-state index in [4.69, 9.17) is 9.97 Å². The Hall–Kier alpha value is -5.48. The molecule has 6 aromatic carbocycles. The molecule has 0 saturated carbocycles. The largest absolute Gasteiger partial charge is 0.309 e. The van der Waals surface area contributed by atoms with Gasteiger partial charge in [0, 0.05) is 32.6 Å². The van der Waals surface area contributed by atoms with Gasteiger partial charge in [-0.2, -0.15) is 0 Å². The fourth-order valence-electron chi connectivity index (χ4n) is 6.93. The van der Waals surface area contributed by atoms with Crippen LogP contribution >= 0.6 is 0 Å². The van der Waals surface area contributed by atoms with Gasteiger partial charge < -0.3 is 4.57 Å². The third-order valence-electron chi connectivity index (χ3n) is 8.58. The van der Waals surface area contributed by atoms with Crippen LogP contribution in [0.2, 0.25) is 0 Å². The van der Waals surface area contributed by atoms with Crippen LogP contribution in [0.25, 0.3) is 87.7 Å². The smallest absolute Gasteiger partial charge is 0.165 e. The van der Waals surface area contributed by atoms with E-state index in [1.165, 1.54) is 54.4 Å². The minimum Gasteiger partial charge on any atom is -0.309 e. The van der Waals surface area contributed by atoms with E-state index in [9.17, 15) is 0 Å². The van der Waals surface area contributed by atoms with Crippen molar-refractivity contribution in [2.24, 2.45) is 0 Å². The van der Waals surface area contributed by atoms with Crippen molar-refractivity contribution in [1.82, 2.24) is 18.9 Å². The highest BCUT2D eigenvalue weighted by molar-refractivity contribution is 6.32. The lowest BCUT2D eigenvalue weighted by molar-refractivity contribution is 1.18. The van der Waals surface area contributed by atoms with Crippen LogP contribution < -0.4 is 0 Å². The van der Waals surface area contributed by atoms with Crippen molar-refractivity contribution < 1.29 is 0 Å². The van der Waals surface area contributed by atoms with Crippen LogP contribution in [-0.4, -0.2) is 18.9 Å². The Balaban J connectivity index is 1.51. The number of hydrogen-bond acceptors (Lipinski definition) is 2. The van der Waals surface area contributed by atoms with E-state index in [2.05, 4.69) is 118 Å². The number of hydrogen-bond donors (Lipinski definition) is 0. The maximum absolute atomic E-state index is 5.20. The summed E-state index contributed by atoms with van der Waals surface area (Å²) < 4.78 is 4.75. The molecule has 0 atom stereocenters. The van der Waals surface area contributed by atoms with Gasteiger partial charge in [-0.15, -0.1) is 0 Å². The van der Waals surface area contributed by atoms with E-state index in [1.54, 1.807) is 0 Å². The Morgan fingerprint density at radius 1 is 0.475 bits per heavy atom. The van der Waals surface area contributed by atoms with Gasteiger partial charge >= 0.3 is 0 Å².